The van der Waals surface area contributed by atoms with Gasteiger partial charge in [-0.15, -0.1) is 0 Å². The highest BCUT2D eigenvalue weighted by molar-refractivity contribution is 7.90. The molecule has 17 heavy (non-hydrogen) atoms. The van der Waals surface area contributed by atoms with Crippen LogP contribution < -0.4 is 4.72 Å². The van der Waals surface area contributed by atoms with E-state index in [1.807, 2.05) is 0 Å². The Morgan fingerprint density at radius 3 is 2.35 bits per heavy atom. The number of sulfonamides is 1. The summed E-state index contributed by atoms with van der Waals surface area (Å²) in [6.07, 6.45) is 3.98. The molecule has 2 aliphatic rings. The van der Waals surface area contributed by atoms with Gasteiger partial charge in [-0.05, 0) is 25.7 Å². The molecule has 0 aromatic rings. The molecule has 1 saturated heterocycles. The van der Waals surface area contributed by atoms with Crippen LogP contribution in [0.1, 0.15) is 38.5 Å². The van der Waals surface area contributed by atoms with E-state index < -0.39 is 16.1 Å². The average Bonchev–Trinajstić information content (AvgIpc) is 2.33. The topological polar surface area (TPSA) is 75.6 Å². The van der Waals surface area contributed by atoms with Crippen LogP contribution in [0.5, 0.6) is 0 Å². The lowest BCUT2D eigenvalue weighted by molar-refractivity contribution is 0.0939. The van der Waals surface area contributed by atoms with Crippen molar-refractivity contribution >= 4 is 10.0 Å². The molecule has 1 heterocycles. The Labute approximate surface area is 103 Å². The molecule has 0 aromatic carbocycles. The number of rotatable bonds is 3. The number of nitrogens with one attached hydrogen (secondary N) is 1. The second kappa shape index (κ2) is 5.65. The van der Waals surface area contributed by atoms with E-state index in [9.17, 15) is 13.5 Å². The molecule has 6 heteroatoms. The second-order valence-corrected chi connectivity index (χ2v) is 6.93. The summed E-state index contributed by atoms with van der Waals surface area (Å²) >= 11 is 0. The maximum absolute atomic E-state index is 12.1. The van der Waals surface area contributed by atoms with Crippen molar-refractivity contribution < 1.29 is 18.3 Å². The van der Waals surface area contributed by atoms with Crippen molar-refractivity contribution in [1.29, 1.82) is 0 Å². The Bertz CT molecular complexity index is 337. The van der Waals surface area contributed by atoms with Crippen LogP contribution in [0.25, 0.3) is 0 Å². The highest BCUT2D eigenvalue weighted by atomic mass is 32.2. The summed E-state index contributed by atoms with van der Waals surface area (Å²) in [4.78, 5) is 0. The Balaban J connectivity index is 1.95. The first-order chi connectivity index (χ1) is 8.09. The van der Waals surface area contributed by atoms with Gasteiger partial charge in [-0.3, -0.25) is 0 Å². The second-order valence-electron chi connectivity index (χ2n) is 4.93. The fourth-order valence-electron chi connectivity index (χ4n) is 2.54. The van der Waals surface area contributed by atoms with E-state index >= 15 is 0 Å². The van der Waals surface area contributed by atoms with E-state index in [1.165, 1.54) is 0 Å². The third-order valence-electron chi connectivity index (χ3n) is 3.65. The maximum Gasteiger partial charge on any atom is 0.214 e. The minimum atomic E-state index is -3.31. The first-order valence-electron chi connectivity index (χ1n) is 6.36. The van der Waals surface area contributed by atoms with Gasteiger partial charge in [0.15, 0.2) is 0 Å². The molecule has 2 atom stereocenters. The third-order valence-corrected chi connectivity index (χ3v) is 5.63. The SMILES string of the molecule is O=S(=O)(N[C@@H]1CCCC[C@H]1O)C1CCOCC1. The predicted molar refractivity (Wildman–Crippen MR) is 64.2 cm³/mol. The van der Waals surface area contributed by atoms with Gasteiger partial charge in [-0.1, -0.05) is 12.8 Å². The first-order valence-corrected chi connectivity index (χ1v) is 7.91. The van der Waals surface area contributed by atoms with Gasteiger partial charge in [0.05, 0.1) is 11.4 Å². The molecule has 2 rings (SSSR count). The summed E-state index contributed by atoms with van der Waals surface area (Å²) in [5.41, 5.74) is 0. The number of aliphatic hydroxyl groups is 1. The fraction of sp³-hybridized carbons (Fsp3) is 1.00. The van der Waals surface area contributed by atoms with Crippen molar-refractivity contribution in [2.45, 2.75) is 55.9 Å². The van der Waals surface area contributed by atoms with E-state index in [2.05, 4.69) is 4.72 Å². The number of aliphatic hydroxyl groups excluding tert-OH is 1. The molecule has 0 spiro atoms. The quantitative estimate of drug-likeness (QED) is 0.772. The van der Waals surface area contributed by atoms with Crippen molar-refractivity contribution in [2.75, 3.05) is 13.2 Å². The van der Waals surface area contributed by atoms with E-state index in [-0.39, 0.29) is 11.3 Å². The molecule has 1 saturated carbocycles. The van der Waals surface area contributed by atoms with Gasteiger partial charge < -0.3 is 9.84 Å². The third kappa shape index (κ3) is 3.40. The van der Waals surface area contributed by atoms with Gasteiger partial charge in [-0.25, -0.2) is 13.1 Å². The predicted octanol–water partition coefficient (Wildman–Crippen LogP) is 0.388. The molecule has 0 amide bonds. The molecule has 100 valence electrons. The summed E-state index contributed by atoms with van der Waals surface area (Å²) in [6, 6.07) is -0.295. The lowest BCUT2D eigenvalue weighted by Gasteiger charge is -2.30. The number of ether oxygens (including phenoxy) is 1. The van der Waals surface area contributed by atoms with Crippen LogP contribution in [0.15, 0.2) is 0 Å². The van der Waals surface area contributed by atoms with Crippen molar-refractivity contribution in [3.63, 3.8) is 0 Å². The van der Waals surface area contributed by atoms with Crippen LogP contribution in [0, 0.1) is 0 Å². The molecule has 2 fully saturated rings. The van der Waals surface area contributed by atoms with Crippen LogP contribution in [-0.4, -0.2) is 44.1 Å². The molecular weight excluding hydrogens is 242 g/mol. The van der Waals surface area contributed by atoms with Gasteiger partial charge >= 0.3 is 0 Å². The van der Waals surface area contributed by atoms with Crippen molar-refractivity contribution in [3.05, 3.63) is 0 Å². The minimum Gasteiger partial charge on any atom is -0.391 e. The summed E-state index contributed by atoms with van der Waals surface area (Å²) in [5.74, 6) is 0. The van der Waals surface area contributed by atoms with E-state index in [0.717, 1.165) is 19.3 Å². The Morgan fingerprint density at radius 2 is 1.71 bits per heavy atom. The zero-order valence-electron chi connectivity index (χ0n) is 9.97. The number of hydrogen-bond donors (Lipinski definition) is 2. The molecular formula is C11H21NO4S. The summed E-state index contributed by atoms with van der Waals surface area (Å²) in [5, 5.41) is 9.42. The Hall–Kier alpha value is -0.170. The van der Waals surface area contributed by atoms with Gasteiger partial charge in [0.25, 0.3) is 0 Å². The molecule has 0 radical (unpaired) electrons. The van der Waals surface area contributed by atoms with Crippen molar-refractivity contribution in [1.82, 2.24) is 4.72 Å². The lowest BCUT2D eigenvalue weighted by atomic mass is 9.93. The summed E-state index contributed by atoms with van der Waals surface area (Å²) < 4.78 is 32.1. The van der Waals surface area contributed by atoms with Crippen LogP contribution in [-0.2, 0) is 14.8 Å². The molecule has 5 nitrogen and oxygen atoms in total. The molecule has 1 aliphatic heterocycles. The zero-order valence-corrected chi connectivity index (χ0v) is 10.8. The Kier molecular flexibility index (Phi) is 4.41. The largest absolute Gasteiger partial charge is 0.391 e. The van der Waals surface area contributed by atoms with Crippen LogP contribution >= 0.6 is 0 Å². The minimum absolute atomic E-state index is 0.295. The van der Waals surface area contributed by atoms with Crippen molar-refractivity contribution in [3.8, 4) is 0 Å². The summed E-state index contributed by atoms with van der Waals surface area (Å²) in [6.45, 7) is 1.03. The van der Waals surface area contributed by atoms with Crippen LogP contribution in [0.2, 0.25) is 0 Å². The number of hydrogen-bond acceptors (Lipinski definition) is 4. The fourth-order valence-corrected chi connectivity index (χ4v) is 4.24. The van der Waals surface area contributed by atoms with Gasteiger partial charge in [0.2, 0.25) is 10.0 Å². The maximum atomic E-state index is 12.1. The van der Waals surface area contributed by atoms with Gasteiger partial charge in [0.1, 0.15) is 0 Å². The average molecular weight is 263 g/mol. The summed E-state index contributed by atoms with van der Waals surface area (Å²) in [7, 11) is -3.31. The normalized spacial score (nSPS) is 32.5. The standard InChI is InChI=1S/C11H21NO4S/c13-11-4-2-1-3-10(11)12-17(14,15)9-5-7-16-8-6-9/h9-13H,1-8H2/t10-,11-/m1/s1. The smallest absolute Gasteiger partial charge is 0.214 e. The van der Waals surface area contributed by atoms with E-state index in [1.54, 1.807) is 0 Å². The van der Waals surface area contributed by atoms with Crippen LogP contribution in [0.4, 0.5) is 0 Å². The lowest BCUT2D eigenvalue weighted by Crippen LogP contribution is -2.49. The van der Waals surface area contributed by atoms with Crippen molar-refractivity contribution in [2.24, 2.45) is 0 Å². The van der Waals surface area contributed by atoms with Crippen LogP contribution in [0.3, 0.4) is 0 Å². The van der Waals surface area contributed by atoms with Gasteiger partial charge in [0, 0.05) is 19.3 Å². The van der Waals surface area contributed by atoms with E-state index in [4.69, 9.17) is 4.74 Å². The first kappa shape index (κ1) is 13.3. The monoisotopic (exact) mass is 263 g/mol. The molecule has 0 aromatic heterocycles. The molecule has 2 N–H and O–H groups in total. The highest BCUT2D eigenvalue weighted by Gasteiger charge is 2.33. The molecule has 1 aliphatic carbocycles. The highest BCUT2D eigenvalue weighted by Crippen LogP contribution is 2.21. The molecule has 0 unspecified atom stereocenters. The van der Waals surface area contributed by atoms with Gasteiger partial charge in [-0.2, -0.15) is 0 Å². The molecule has 0 bridgehead atoms. The Morgan fingerprint density at radius 1 is 1.06 bits per heavy atom. The zero-order chi connectivity index (χ0) is 12.3. The van der Waals surface area contributed by atoms with E-state index in [0.29, 0.717) is 32.5 Å².